The van der Waals surface area contributed by atoms with Gasteiger partial charge >= 0.3 is 0 Å². The van der Waals surface area contributed by atoms with Gasteiger partial charge in [-0.1, -0.05) is 36.0 Å². The van der Waals surface area contributed by atoms with Gasteiger partial charge in [0.15, 0.2) is 11.5 Å². The Morgan fingerprint density at radius 3 is 2.27 bits per heavy atom. The third kappa shape index (κ3) is 3.27. The minimum Gasteiger partial charge on any atom is -0.371 e. The molecular formula is C25H24N2O2S. The van der Waals surface area contributed by atoms with Gasteiger partial charge in [-0.3, -0.25) is 9.78 Å². The summed E-state index contributed by atoms with van der Waals surface area (Å²) in [6.07, 6.45) is 4.68. The summed E-state index contributed by atoms with van der Waals surface area (Å²) in [6.45, 7) is 2.37. The van der Waals surface area contributed by atoms with Crippen LogP contribution in [0.15, 0.2) is 65.6 Å². The van der Waals surface area contributed by atoms with E-state index in [0.717, 1.165) is 18.6 Å². The van der Waals surface area contributed by atoms with Crippen LogP contribution in [0.5, 0.6) is 11.5 Å². The van der Waals surface area contributed by atoms with Gasteiger partial charge in [0.05, 0.1) is 0 Å². The zero-order valence-corrected chi connectivity index (χ0v) is 17.6. The maximum absolute atomic E-state index is 5.74. The van der Waals surface area contributed by atoms with Crippen LogP contribution >= 0.6 is 11.8 Å². The monoisotopic (exact) mass is 416 g/mol. The highest BCUT2D eigenvalue weighted by atomic mass is 32.2. The second-order valence-corrected chi connectivity index (χ2v) is 9.31. The molecule has 0 radical (unpaired) electrons. The normalized spacial score (nSPS) is 18.9. The molecule has 5 heteroatoms. The van der Waals surface area contributed by atoms with E-state index in [0.29, 0.717) is 5.75 Å². The molecule has 0 spiro atoms. The van der Waals surface area contributed by atoms with E-state index in [1.807, 2.05) is 23.9 Å². The van der Waals surface area contributed by atoms with Gasteiger partial charge in [0.25, 0.3) is 0 Å². The molecule has 0 aromatic heterocycles. The van der Waals surface area contributed by atoms with Gasteiger partial charge in [0.1, 0.15) is 5.37 Å². The highest BCUT2D eigenvalue weighted by Crippen LogP contribution is 2.46. The fourth-order valence-electron chi connectivity index (χ4n) is 4.75. The van der Waals surface area contributed by atoms with Crippen LogP contribution in [0.2, 0.25) is 0 Å². The van der Waals surface area contributed by atoms with Crippen LogP contribution in [-0.2, 0) is 12.8 Å². The number of thioether (sulfide) groups is 1. The van der Waals surface area contributed by atoms with Crippen molar-refractivity contribution in [2.75, 3.05) is 23.3 Å². The Kier molecular flexibility index (Phi) is 4.49. The minimum absolute atomic E-state index is 0.231. The van der Waals surface area contributed by atoms with E-state index in [1.54, 1.807) is 0 Å². The molecule has 4 nitrogen and oxygen atoms in total. The quantitative estimate of drug-likeness (QED) is 0.418. The van der Waals surface area contributed by atoms with Crippen LogP contribution in [0.4, 0.5) is 11.4 Å². The standard InChI is InChI=1S/C25H24N2O2S/c1-2-8-23-22(7-1)26-25(30-23)17-9-11-20(12-10-17)28-29-21-15-18-5-3-13-27-14-4-6-19(16-21)24(18)27/h1-2,7-12,15-16,25-26H,3-6,13-14H2. The number of anilines is 2. The Morgan fingerprint density at radius 2 is 1.53 bits per heavy atom. The lowest BCUT2D eigenvalue weighted by molar-refractivity contribution is -0.100. The minimum atomic E-state index is 0.231. The van der Waals surface area contributed by atoms with Crippen molar-refractivity contribution < 1.29 is 9.78 Å². The van der Waals surface area contributed by atoms with Gasteiger partial charge in [-0.25, -0.2) is 0 Å². The number of hydrogen-bond acceptors (Lipinski definition) is 5. The first-order valence-electron chi connectivity index (χ1n) is 10.7. The summed E-state index contributed by atoms with van der Waals surface area (Å²) in [6, 6.07) is 20.9. The fraction of sp³-hybridized carbons (Fsp3) is 0.280. The molecule has 0 amide bonds. The van der Waals surface area contributed by atoms with Gasteiger partial charge in [-0.2, -0.15) is 0 Å². The molecule has 152 valence electrons. The molecule has 0 bridgehead atoms. The molecule has 0 fully saturated rings. The third-order valence-electron chi connectivity index (χ3n) is 6.14. The predicted octanol–water partition coefficient (Wildman–Crippen LogP) is 5.97. The molecule has 0 saturated carbocycles. The van der Waals surface area contributed by atoms with Crippen LogP contribution in [0, 0.1) is 0 Å². The average molecular weight is 417 g/mol. The molecule has 6 rings (SSSR count). The van der Waals surface area contributed by atoms with Crippen molar-refractivity contribution in [2.45, 2.75) is 36.0 Å². The summed E-state index contributed by atoms with van der Waals surface area (Å²) in [4.78, 5) is 15.2. The van der Waals surface area contributed by atoms with Gasteiger partial charge in [0, 0.05) is 29.4 Å². The number of benzene rings is 3. The van der Waals surface area contributed by atoms with Crippen molar-refractivity contribution in [1.82, 2.24) is 0 Å². The number of nitrogens with zero attached hydrogens (tertiary/aromatic N) is 1. The van der Waals surface area contributed by atoms with E-state index in [-0.39, 0.29) is 5.37 Å². The molecule has 0 saturated heterocycles. The van der Waals surface area contributed by atoms with Crippen molar-refractivity contribution in [3.63, 3.8) is 0 Å². The summed E-state index contributed by atoms with van der Waals surface area (Å²) in [5.41, 5.74) is 6.67. The molecule has 3 heterocycles. The van der Waals surface area contributed by atoms with Crippen molar-refractivity contribution in [3.05, 3.63) is 77.4 Å². The zero-order chi connectivity index (χ0) is 19.9. The Balaban J connectivity index is 1.14. The van der Waals surface area contributed by atoms with Crippen molar-refractivity contribution in [1.29, 1.82) is 0 Å². The van der Waals surface area contributed by atoms with Crippen molar-refractivity contribution in [3.8, 4) is 11.5 Å². The van der Waals surface area contributed by atoms with Crippen LogP contribution < -0.4 is 20.0 Å². The lowest BCUT2D eigenvalue weighted by Crippen LogP contribution is -2.34. The number of rotatable bonds is 4. The van der Waals surface area contributed by atoms with E-state index >= 15 is 0 Å². The van der Waals surface area contributed by atoms with Crippen LogP contribution in [-0.4, -0.2) is 13.1 Å². The molecule has 3 aromatic rings. The first-order valence-corrected chi connectivity index (χ1v) is 11.6. The summed E-state index contributed by atoms with van der Waals surface area (Å²) in [5.74, 6) is 1.52. The van der Waals surface area contributed by atoms with E-state index in [2.05, 4.69) is 58.7 Å². The first-order chi connectivity index (χ1) is 14.8. The van der Waals surface area contributed by atoms with E-state index in [9.17, 15) is 0 Å². The van der Waals surface area contributed by atoms with Gasteiger partial charge in [-0.05, 0) is 78.8 Å². The number of hydrogen-bond donors (Lipinski definition) is 1. The third-order valence-corrected chi connectivity index (χ3v) is 7.38. The molecule has 0 aliphatic carbocycles. The number of nitrogens with one attached hydrogen (secondary N) is 1. The molecular weight excluding hydrogens is 392 g/mol. The highest BCUT2D eigenvalue weighted by molar-refractivity contribution is 8.00. The summed E-state index contributed by atoms with van der Waals surface area (Å²) in [5, 5.41) is 3.80. The lowest BCUT2D eigenvalue weighted by atomic mass is 9.92. The van der Waals surface area contributed by atoms with Crippen molar-refractivity contribution >= 4 is 23.1 Å². The molecule has 1 atom stereocenters. The number of aryl methyl sites for hydroxylation is 2. The number of fused-ring (bicyclic) bond motifs is 1. The largest absolute Gasteiger partial charge is 0.371 e. The molecule has 1 unspecified atom stereocenters. The van der Waals surface area contributed by atoms with E-state index in [4.69, 9.17) is 9.78 Å². The van der Waals surface area contributed by atoms with Gasteiger partial charge < -0.3 is 10.2 Å². The number of para-hydroxylation sites is 1. The Hall–Kier alpha value is -2.79. The fourth-order valence-corrected chi connectivity index (χ4v) is 5.90. The predicted molar refractivity (Wildman–Crippen MR) is 122 cm³/mol. The molecule has 3 aliphatic heterocycles. The smallest absolute Gasteiger partial charge is 0.179 e. The molecule has 30 heavy (non-hydrogen) atoms. The summed E-state index contributed by atoms with van der Waals surface area (Å²) >= 11 is 1.84. The van der Waals surface area contributed by atoms with E-state index < -0.39 is 0 Å². The SMILES string of the molecule is c1ccc2c(c1)NC(c1ccc(OOc3cc4c5c(c3)CCCN5CCC4)cc1)S2. The second-order valence-electron chi connectivity index (χ2n) is 8.16. The van der Waals surface area contributed by atoms with E-state index in [1.165, 1.54) is 58.9 Å². The highest BCUT2D eigenvalue weighted by Gasteiger charge is 2.25. The van der Waals surface area contributed by atoms with Crippen LogP contribution in [0.3, 0.4) is 0 Å². The topological polar surface area (TPSA) is 33.7 Å². The zero-order valence-electron chi connectivity index (χ0n) is 16.8. The Morgan fingerprint density at radius 1 is 0.833 bits per heavy atom. The van der Waals surface area contributed by atoms with Gasteiger partial charge in [-0.15, -0.1) is 0 Å². The summed E-state index contributed by atoms with van der Waals surface area (Å²) in [7, 11) is 0. The lowest BCUT2D eigenvalue weighted by Gasteiger charge is -2.36. The Bertz CT molecular complexity index is 1030. The van der Waals surface area contributed by atoms with Crippen LogP contribution in [0.1, 0.15) is 34.9 Å². The molecule has 1 N–H and O–H groups in total. The Labute approximate surface area is 181 Å². The second kappa shape index (κ2) is 7.47. The van der Waals surface area contributed by atoms with Crippen molar-refractivity contribution in [2.24, 2.45) is 0 Å². The maximum Gasteiger partial charge on any atom is 0.179 e. The average Bonchev–Trinajstić information content (AvgIpc) is 3.23. The maximum atomic E-state index is 5.74. The van der Waals surface area contributed by atoms with Crippen LogP contribution in [0.25, 0.3) is 0 Å². The first kappa shape index (κ1) is 18.0. The van der Waals surface area contributed by atoms with Gasteiger partial charge in [0.2, 0.25) is 0 Å². The molecule has 3 aliphatic rings. The summed E-state index contributed by atoms with van der Waals surface area (Å²) < 4.78 is 0. The molecule has 3 aromatic carbocycles.